The molecule has 1 unspecified atom stereocenters. The normalized spacial score (nSPS) is 17.3. The first-order valence-electron chi connectivity index (χ1n) is 13.2. The van der Waals surface area contributed by atoms with Crippen molar-refractivity contribution >= 4 is 23.1 Å². The van der Waals surface area contributed by atoms with Gasteiger partial charge in [0.1, 0.15) is 18.2 Å². The van der Waals surface area contributed by atoms with Crippen LogP contribution in [0.5, 0.6) is 5.75 Å². The fourth-order valence-electron chi connectivity index (χ4n) is 5.62. The minimum Gasteiger partial charge on any atom is -0.489 e. The van der Waals surface area contributed by atoms with Crippen LogP contribution in [-0.4, -0.2) is 5.78 Å². The lowest BCUT2D eigenvalue weighted by atomic mass is 9.73. The molecule has 0 fully saturated rings. The number of hydrogen-bond donors (Lipinski definition) is 1. The van der Waals surface area contributed by atoms with Gasteiger partial charge in [-0.05, 0) is 87.1 Å². The number of hydrogen-bond acceptors (Lipinski definition) is 5. The summed E-state index contributed by atoms with van der Waals surface area (Å²) in [6, 6.07) is 20.2. The van der Waals surface area contributed by atoms with Gasteiger partial charge in [-0.15, -0.1) is 0 Å². The van der Waals surface area contributed by atoms with Gasteiger partial charge in [-0.3, -0.25) is 9.69 Å². The van der Waals surface area contributed by atoms with Gasteiger partial charge in [0, 0.05) is 28.4 Å². The zero-order valence-electron chi connectivity index (χ0n) is 22.8. The Kier molecular flexibility index (Phi) is 7.25. The first-order chi connectivity index (χ1) is 18.7. The summed E-state index contributed by atoms with van der Waals surface area (Å²) in [6.45, 7) is 8.42. The standard InChI is InChI=1S/C33H32ClN3O2/c1-19-8-12-25(13-9-19)39-18-23-14-20(2)15-26(22(23)4)31-27(17-35)33(36)37(24-11-10-21(3)28(34)16-24)29-6-5-7-30(38)32(29)31/h8-16,31H,5-7,18,36H2,1-4H3. The zero-order valence-corrected chi connectivity index (χ0v) is 23.5. The maximum atomic E-state index is 13.6. The zero-order chi connectivity index (χ0) is 27.8. The number of Topliss-reactive ketones (excluding diaryl/α,β-unsaturated/α-hetero) is 1. The van der Waals surface area contributed by atoms with Crippen molar-refractivity contribution in [2.24, 2.45) is 5.73 Å². The monoisotopic (exact) mass is 537 g/mol. The molecule has 6 heteroatoms. The van der Waals surface area contributed by atoms with E-state index in [9.17, 15) is 10.1 Å². The minimum atomic E-state index is -0.534. The number of carbonyl (C=O) groups excluding carboxylic acids is 1. The van der Waals surface area contributed by atoms with E-state index in [0.29, 0.717) is 41.4 Å². The molecule has 0 saturated heterocycles. The number of nitrogens with two attached hydrogens (primary N) is 1. The molecule has 3 aromatic carbocycles. The van der Waals surface area contributed by atoms with Crippen molar-refractivity contribution in [2.45, 2.75) is 59.5 Å². The van der Waals surface area contributed by atoms with Crippen molar-refractivity contribution in [3.63, 3.8) is 0 Å². The Morgan fingerprint density at radius 3 is 2.46 bits per heavy atom. The molecule has 3 aromatic rings. The van der Waals surface area contributed by atoms with Gasteiger partial charge in [-0.2, -0.15) is 5.26 Å². The fourth-order valence-corrected chi connectivity index (χ4v) is 5.80. The summed E-state index contributed by atoms with van der Waals surface area (Å²) in [5, 5.41) is 11.0. The smallest absolute Gasteiger partial charge is 0.161 e. The Labute approximate surface area is 235 Å². The van der Waals surface area contributed by atoms with Crippen molar-refractivity contribution in [1.29, 1.82) is 5.26 Å². The van der Waals surface area contributed by atoms with E-state index in [1.807, 2.05) is 75.1 Å². The molecule has 5 rings (SSSR count). The lowest BCUT2D eigenvalue weighted by Gasteiger charge is -2.40. The molecule has 0 radical (unpaired) electrons. The number of carbonyl (C=O) groups is 1. The van der Waals surface area contributed by atoms with Crippen LogP contribution in [-0.2, 0) is 11.4 Å². The number of anilines is 1. The summed E-state index contributed by atoms with van der Waals surface area (Å²) in [4.78, 5) is 15.5. The van der Waals surface area contributed by atoms with E-state index in [-0.39, 0.29) is 5.78 Å². The van der Waals surface area contributed by atoms with E-state index < -0.39 is 5.92 Å². The molecule has 2 aliphatic rings. The van der Waals surface area contributed by atoms with Gasteiger partial charge in [0.15, 0.2) is 5.78 Å². The predicted molar refractivity (Wildman–Crippen MR) is 156 cm³/mol. The van der Waals surface area contributed by atoms with Crippen LogP contribution in [0.15, 0.2) is 77.3 Å². The molecule has 2 N–H and O–H groups in total. The molecule has 0 saturated carbocycles. The van der Waals surface area contributed by atoms with E-state index in [2.05, 4.69) is 18.2 Å². The fraction of sp³-hybridized carbons (Fsp3) is 0.273. The number of halogens is 1. The second-order valence-electron chi connectivity index (χ2n) is 10.5. The first-order valence-corrected chi connectivity index (χ1v) is 13.6. The quantitative estimate of drug-likeness (QED) is 0.365. The highest BCUT2D eigenvalue weighted by Crippen LogP contribution is 2.47. The molecule has 5 nitrogen and oxygen atoms in total. The molecular formula is C33H32ClN3O2. The van der Waals surface area contributed by atoms with Crippen molar-refractivity contribution < 1.29 is 9.53 Å². The van der Waals surface area contributed by atoms with E-state index in [4.69, 9.17) is 22.1 Å². The average Bonchev–Trinajstić information content (AvgIpc) is 2.91. The molecule has 1 aliphatic heterocycles. The van der Waals surface area contributed by atoms with Gasteiger partial charge in [0.25, 0.3) is 0 Å². The van der Waals surface area contributed by atoms with Gasteiger partial charge >= 0.3 is 0 Å². The van der Waals surface area contributed by atoms with Gasteiger partial charge in [-0.25, -0.2) is 0 Å². The number of allylic oxidation sites excluding steroid dienone is 3. The van der Waals surface area contributed by atoms with Crippen LogP contribution in [0.25, 0.3) is 0 Å². The van der Waals surface area contributed by atoms with E-state index in [1.54, 1.807) is 0 Å². The Morgan fingerprint density at radius 2 is 1.77 bits per heavy atom. The molecule has 1 atom stereocenters. The number of aryl methyl sites for hydroxylation is 3. The lowest BCUT2D eigenvalue weighted by Crippen LogP contribution is -2.39. The predicted octanol–water partition coefficient (Wildman–Crippen LogP) is 7.46. The van der Waals surface area contributed by atoms with Crippen LogP contribution < -0.4 is 15.4 Å². The largest absolute Gasteiger partial charge is 0.489 e. The summed E-state index contributed by atoms with van der Waals surface area (Å²) in [7, 11) is 0. The Balaban J connectivity index is 1.63. The summed E-state index contributed by atoms with van der Waals surface area (Å²) in [5.41, 5.74) is 15.5. The van der Waals surface area contributed by atoms with Gasteiger partial charge in [-0.1, -0.05) is 53.1 Å². The third-order valence-electron chi connectivity index (χ3n) is 7.75. The number of ether oxygens (including phenoxy) is 1. The van der Waals surface area contributed by atoms with Crippen molar-refractivity contribution in [1.82, 2.24) is 0 Å². The maximum absolute atomic E-state index is 13.6. The highest BCUT2D eigenvalue weighted by Gasteiger charge is 2.41. The van der Waals surface area contributed by atoms with Crippen molar-refractivity contribution in [2.75, 3.05) is 4.90 Å². The number of ketones is 1. The van der Waals surface area contributed by atoms with Crippen LogP contribution >= 0.6 is 11.6 Å². The maximum Gasteiger partial charge on any atom is 0.161 e. The Morgan fingerprint density at radius 1 is 1.03 bits per heavy atom. The van der Waals surface area contributed by atoms with Crippen molar-refractivity contribution in [3.8, 4) is 11.8 Å². The van der Waals surface area contributed by atoms with Crippen LogP contribution in [0, 0.1) is 39.0 Å². The molecule has 0 amide bonds. The SMILES string of the molecule is Cc1ccc(OCc2cc(C)cc(C3C(C#N)=C(N)N(c4ccc(C)c(Cl)c4)C4=C3C(=O)CCC4)c2C)cc1. The van der Waals surface area contributed by atoms with Crippen LogP contribution in [0.1, 0.15) is 58.6 Å². The van der Waals surface area contributed by atoms with Crippen LogP contribution in [0.3, 0.4) is 0 Å². The van der Waals surface area contributed by atoms with Crippen molar-refractivity contribution in [3.05, 3.63) is 116 Å². The van der Waals surface area contributed by atoms with Gasteiger partial charge in [0.2, 0.25) is 0 Å². The molecule has 0 aromatic heterocycles. The molecule has 198 valence electrons. The average molecular weight is 538 g/mol. The molecule has 1 aliphatic carbocycles. The number of nitriles is 1. The number of benzene rings is 3. The summed E-state index contributed by atoms with van der Waals surface area (Å²) in [5.74, 6) is 0.660. The summed E-state index contributed by atoms with van der Waals surface area (Å²) >= 11 is 6.47. The second-order valence-corrected chi connectivity index (χ2v) is 10.9. The highest BCUT2D eigenvalue weighted by molar-refractivity contribution is 6.31. The van der Waals surface area contributed by atoms with Gasteiger partial charge in [0.05, 0.1) is 17.6 Å². The second kappa shape index (κ2) is 10.6. The molecule has 1 heterocycles. The highest BCUT2D eigenvalue weighted by atomic mass is 35.5. The van der Waals surface area contributed by atoms with E-state index in [1.165, 1.54) is 5.56 Å². The number of rotatable bonds is 5. The first kappa shape index (κ1) is 26.6. The third kappa shape index (κ3) is 4.93. The number of nitrogens with zero attached hydrogens (tertiary/aromatic N) is 2. The Bertz CT molecular complexity index is 1580. The lowest BCUT2D eigenvalue weighted by molar-refractivity contribution is -0.116. The van der Waals surface area contributed by atoms with E-state index >= 15 is 0 Å². The molecular weight excluding hydrogens is 506 g/mol. The summed E-state index contributed by atoms with van der Waals surface area (Å²) in [6.07, 6.45) is 1.87. The molecule has 0 spiro atoms. The third-order valence-corrected chi connectivity index (χ3v) is 8.16. The van der Waals surface area contributed by atoms with E-state index in [0.717, 1.165) is 51.4 Å². The molecule has 0 bridgehead atoms. The molecule has 39 heavy (non-hydrogen) atoms. The minimum absolute atomic E-state index is 0.0584. The Hall–Kier alpha value is -4.01. The van der Waals surface area contributed by atoms with Crippen LogP contribution in [0.2, 0.25) is 5.02 Å². The van der Waals surface area contributed by atoms with Gasteiger partial charge < -0.3 is 10.5 Å². The topological polar surface area (TPSA) is 79.3 Å². The van der Waals surface area contributed by atoms with Crippen LogP contribution in [0.4, 0.5) is 5.69 Å². The summed E-state index contributed by atoms with van der Waals surface area (Å²) < 4.78 is 6.12.